The van der Waals surface area contributed by atoms with E-state index < -0.39 is 5.72 Å². The first-order valence-corrected chi connectivity index (χ1v) is 8.96. The molecule has 0 bridgehead atoms. The summed E-state index contributed by atoms with van der Waals surface area (Å²) in [6.07, 6.45) is 6.25. The van der Waals surface area contributed by atoms with Crippen LogP contribution >= 0.6 is 27.5 Å². The maximum absolute atomic E-state index is 11.6. The fourth-order valence-electron chi connectivity index (χ4n) is 3.61. The van der Waals surface area contributed by atoms with Gasteiger partial charge in [-0.05, 0) is 36.9 Å². The number of hydrogen-bond donors (Lipinski definition) is 1. The average molecular weight is 387 g/mol. The summed E-state index contributed by atoms with van der Waals surface area (Å²) < 4.78 is 0.806. The number of fused-ring (bicyclic) bond motifs is 1. The predicted octanol–water partition coefficient (Wildman–Crippen LogP) is 4.36. The highest BCUT2D eigenvalue weighted by atomic mass is 79.9. The zero-order valence-electron chi connectivity index (χ0n) is 13.1. The molecule has 1 aliphatic carbocycles. The van der Waals surface area contributed by atoms with Crippen molar-refractivity contribution in [2.24, 2.45) is 5.92 Å². The molecular formula is C16H21BrClN3O. The van der Waals surface area contributed by atoms with Crippen LogP contribution in [0.1, 0.15) is 52.0 Å². The molecule has 1 aliphatic heterocycles. The Hall–Kier alpha value is -0.650. The molecule has 0 amide bonds. The van der Waals surface area contributed by atoms with Gasteiger partial charge >= 0.3 is 0 Å². The summed E-state index contributed by atoms with van der Waals surface area (Å²) >= 11 is 9.70. The van der Waals surface area contributed by atoms with Crippen molar-refractivity contribution in [2.75, 3.05) is 4.90 Å². The lowest BCUT2D eigenvalue weighted by molar-refractivity contribution is 0.0268. The smallest absolute Gasteiger partial charge is 0.224 e. The Morgan fingerprint density at radius 1 is 1.41 bits per heavy atom. The van der Waals surface area contributed by atoms with Gasteiger partial charge in [0.1, 0.15) is 5.82 Å². The Balaban J connectivity index is 2.25. The molecule has 1 unspecified atom stereocenters. The van der Waals surface area contributed by atoms with Crippen LogP contribution < -0.4 is 4.90 Å². The third-order valence-corrected chi connectivity index (χ3v) is 6.25. The van der Waals surface area contributed by atoms with Crippen LogP contribution in [-0.2, 0) is 0 Å². The highest BCUT2D eigenvalue weighted by Crippen LogP contribution is 2.49. The van der Waals surface area contributed by atoms with Gasteiger partial charge < -0.3 is 10.0 Å². The van der Waals surface area contributed by atoms with Crippen molar-refractivity contribution in [1.82, 2.24) is 9.97 Å². The van der Waals surface area contributed by atoms with E-state index in [-0.39, 0.29) is 17.2 Å². The van der Waals surface area contributed by atoms with E-state index in [9.17, 15) is 5.11 Å². The largest absolute Gasteiger partial charge is 0.366 e. The average Bonchev–Trinajstić information content (AvgIpc) is 2.98. The van der Waals surface area contributed by atoms with Crippen molar-refractivity contribution < 1.29 is 5.11 Å². The normalized spacial score (nSPS) is 26.0. The minimum atomic E-state index is -1.09. The third-order valence-electron chi connectivity index (χ3n) is 4.89. The predicted molar refractivity (Wildman–Crippen MR) is 93.1 cm³/mol. The van der Waals surface area contributed by atoms with Gasteiger partial charge in [0, 0.05) is 23.7 Å². The lowest BCUT2D eigenvalue weighted by Gasteiger charge is -2.50. The van der Waals surface area contributed by atoms with Crippen LogP contribution in [0.15, 0.2) is 10.7 Å². The molecule has 1 N–H and O–H groups in total. The van der Waals surface area contributed by atoms with Crippen molar-refractivity contribution in [2.45, 2.75) is 58.2 Å². The van der Waals surface area contributed by atoms with E-state index in [4.69, 9.17) is 11.6 Å². The minimum Gasteiger partial charge on any atom is -0.366 e. The standard InChI is InChI=1S/C16H21BrClN3O/c1-9(2)16(22)13(17)10(3)12-8-19-15(18)20-14(12)21(16)11-6-4-5-7-11/h8-9,11,22H,4-7H2,1-3H3. The van der Waals surface area contributed by atoms with Crippen LogP contribution in [0, 0.1) is 5.92 Å². The second kappa shape index (κ2) is 5.77. The summed E-state index contributed by atoms with van der Waals surface area (Å²) in [7, 11) is 0. The Morgan fingerprint density at radius 3 is 2.64 bits per heavy atom. The number of allylic oxidation sites excluding steroid dienone is 1. The second-order valence-electron chi connectivity index (χ2n) is 6.50. The molecule has 2 heterocycles. The van der Waals surface area contributed by atoms with Gasteiger partial charge in [-0.1, -0.05) is 42.6 Å². The minimum absolute atomic E-state index is 0.0133. The Labute approximate surface area is 144 Å². The van der Waals surface area contributed by atoms with Crippen molar-refractivity contribution in [3.8, 4) is 0 Å². The monoisotopic (exact) mass is 385 g/mol. The van der Waals surface area contributed by atoms with Gasteiger partial charge in [-0.3, -0.25) is 0 Å². The molecule has 4 nitrogen and oxygen atoms in total. The molecule has 1 aromatic rings. The molecule has 1 saturated carbocycles. The topological polar surface area (TPSA) is 49.2 Å². The van der Waals surface area contributed by atoms with Gasteiger partial charge in [0.15, 0.2) is 5.72 Å². The van der Waals surface area contributed by atoms with E-state index in [1.165, 1.54) is 12.8 Å². The first-order valence-electron chi connectivity index (χ1n) is 7.78. The van der Waals surface area contributed by atoms with Gasteiger partial charge in [0.05, 0.1) is 4.48 Å². The van der Waals surface area contributed by atoms with E-state index in [1.54, 1.807) is 6.20 Å². The number of halogens is 2. The lowest BCUT2D eigenvalue weighted by Crippen LogP contribution is -2.59. The number of aromatic nitrogens is 2. The van der Waals surface area contributed by atoms with E-state index in [1.807, 2.05) is 20.8 Å². The summed E-state index contributed by atoms with van der Waals surface area (Å²) in [6.45, 7) is 6.05. The molecule has 1 fully saturated rings. The van der Waals surface area contributed by atoms with E-state index in [0.717, 1.165) is 34.3 Å². The molecule has 1 aromatic heterocycles. The Kier molecular flexibility index (Phi) is 4.25. The molecule has 0 aromatic carbocycles. The molecule has 1 atom stereocenters. The third kappa shape index (κ3) is 2.29. The Bertz CT molecular complexity index is 628. The number of anilines is 1. The number of hydrogen-bond acceptors (Lipinski definition) is 4. The maximum atomic E-state index is 11.6. The van der Waals surface area contributed by atoms with Crippen LogP contribution in [0.3, 0.4) is 0 Å². The highest BCUT2D eigenvalue weighted by molar-refractivity contribution is 9.12. The van der Waals surface area contributed by atoms with Crippen LogP contribution in [-0.4, -0.2) is 26.8 Å². The highest BCUT2D eigenvalue weighted by Gasteiger charge is 2.49. The molecule has 6 heteroatoms. The quantitative estimate of drug-likeness (QED) is 0.767. The van der Waals surface area contributed by atoms with Gasteiger partial charge in [0.2, 0.25) is 5.28 Å². The van der Waals surface area contributed by atoms with Crippen molar-refractivity contribution >= 4 is 38.9 Å². The zero-order chi connectivity index (χ0) is 16.1. The molecule has 3 rings (SSSR count). The molecule has 2 aliphatic rings. The fourth-order valence-corrected chi connectivity index (χ4v) is 4.60. The van der Waals surface area contributed by atoms with Gasteiger partial charge in [-0.15, -0.1) is 0 Å². The lowest BCUT2D eigenvalue weighted by atomic mass is 9.87. The van der Waals surface area contributed by atoms with Crippen molar-refractivity contribution in [3.05, 3.63) is 21.5 Å². The summed E-state index contributed by atoms with van der Waals surface area (Å²) in [5.74, 6) is 0.767. The van der Waals surface area contributed by atoms with E-state index >= 15 is 0 Å². The molecule has 0 radical (unpaired) electrons. The summed E-state index contributed by atoms with van der Waals surface area (Å²) in [5, 5.41) is 11.8. The van der Waals surface area contributed by atoms with Crippen LogP contribution in [0.5, 0.6) is 0 Å². The SMILES string of the molecule is CC1=C(Br)C(O)(C(C)C)N(C2CCCC2)c2nc(Cl)ncc21. The van der Waals surface area contributed by atoms with E-state index in [0.29, 0.717) is 0 Å². The first-order chi connectivity index (χ1) is 10.4. The van der Waals surface area contributed by atoms with Gasteiger partial charge in [-0.2, -0.15) is 4.98 Å². The molecule has 22 heavy (non-hydrogen) atoms. The maximum Gasteiger partial charge on any atom is 0.224 e. The van der Waals surface area contributed by atoms with Crippen molar-refractivity contribution in [1.29, 1.82) is 0 Å². The molecular weight excluding hydrogens is 366 g/mol. The van der Waals surface area contributed by atoms with Gasteiger partial charge in [-0.25, -0.2) is 4.98 Å². The summed E-state index contributed by atoms with van der Waals surface area (Å²) in [4.78, 5) is 10.7. The number of nitrogens with zero attached hydrogens (tertiary/aromatic N) is 3. The first kappa shape index (κ1) is 16.2. The van der Waals surface area contributed by atoms with Crippen LogP contribution in [0.2, 0.25) is 5.28 Å². The van der Waals surface area contributed by atoms with Crippen molar-refractivity contribution in [3.63, 3.8) is 0 Å². The molecule has 0 saturated heterocycles. The van der Waals surface area contributed by atoms with Crippen LogP contribution in [0.4, 0.5) is 5.82 Å². The van der Waals surface area contributed by atoms with Gasteiger partial charge in [0.25, 0.3) is 0 Å². The zero-order valence-corrected chi connectivity index (χ0v) is 15.4. The Morgan fingerprint density at radius 2 is 2.05 bits per heavy atom. The van der Waals surface area contributed by atoms with E-state index in [2.05, 4.69) is 30.8 Å². The fraction of sp³-hybridized carbons (Fsp3) is 0.625. The molecule has 0 spiro atoms. The molecule has 120 valence electrons. The number of rotatable bonds is 2. The number of aliphatic hydroxyl groups is 1. The summed E-state index contributed by atoms with van der Waals surface area (Å²) in [5.41, 5.74) is 0.814. The van der Waals surface area contributed by atoms with Crippen LogP contribution in [0.25, 0.3) is 5.57 Å². The second-order valence-corrected chi connectivity index (χ2v) is 7.64. The summed E-state index contributed by atoms with van der Waals surface area (Å²) in [6, 6.07) is 0.276.